The third-order valence-electron chi connectivity index (χ3n) is 24.0. The van der Waals surface area contributed by atoms with E-state index in [1.807, 2.05) is 5.47 Å². The van der Waals surface area contributed by atoms with E-state index in [1.54, 1.807) is 39.4 Å². The van der Waals surface area contributed by atoms with Crippen LogP contribution in [0.1, 0.15) is 246 Å². The normalized spacial score (nSPS) is 35.8. The molecular formula is C69H100BN3O. The summed E-state index contributed by atoms with van der Waals surface area (Å²) in [6.07, 6.45) is 53.1. The number of furan rings is 1. The van der Waals surface area contributed by atoms with E-state index in [-0.39, 0.29) is 22.4 Å². The van der Waals surface area contributed by atoms with E-state index in [0.29, 0.717) is 59.3 Å². The van der Waals surface area contributed by atoms with Crippen LogP contribution in [0.3, 0.4) is 0 Å². The van der Waals surface area contributed by atoms with Crippen molar-refractivity contribution in [2.24, 2.45) is 45.3 Å². The van der Waals surface area contributed by atoms with Crippen LogP contribution in [0.2, 0.25) is 11.6 Å². The summed E-state index contributed by atoms with van der Waals surface area (Å²) >= 11 is 0. The fourth-order valence-corrected chi connectivity index (χ4v) is 20.2. The lowest BCUT2D eigenvalue weighted by molar-refractivity contribution is -0.0115. The van der Waals surface area contributed by atoms with Crippen molar-refractivity contribution < 1.29 is 4.42 Å². The molecule has 3 aliphatic heterocycles. The molecular weight excluding hydrogens is 898 g/mol. The molecule has 0 amide bonds. The quantitative estimate of drug-likeness (QED) is 0.217. The summed E-state index contributed by atoms with van der Waals surface area (Å²) in [6.45, 7) is 28.6. The molecule has 4 nitrogen and oxygen atoms in total. The molecule has 74 heavy (non-hydrogen) atoms. The highest BCUT2D eigenvalue weighted by molar-refractivity contribution is 6.72. The molecule has 13 rings (SSSR count). The molecule has 5 heteroatoms. The summed E-state index contributed by atoms with van der Waals surface area (Å²) in [6, 6.07) is 2.38. The number of rotatable bonds is 5. The van der Waals surface area contributed by atoms with E-state index in [2.05, 4.69) is 139 Å². The Morgan fingerprint density at radius 3 is 2.19 bits per heavy atom. The highest BCUT2D eigenvalue weighted by Gasteiger charge is 2.72. The molecule has 9 aliphatic carbocycles. The van der Waals surface area contributed by atoms with Gasteiger partial charge in [0.25, 0.3) is 0 Å². The molecule has 0 aromatic carbocycles. The SMILES string of the molecule is CC(C)(C)C1=CCC(N(C2=CCC3B4C5=C(CC(C6CCCCC6)CC5N5C6C4C=C(C(C)(C)C)CC6C4(CCCCC4)C5(C)C)N(C4CCCc5c4oc4c5CCC=C4)C3=C2)C2C=CC(C(C)(C)C)CC2)CC1. The molecule has 4 fully saturated rings. The predicted molar refractivity (Wildman–Crippen MR) is 311 cm³/mol. The third-order valence-corrected chi connectivity index (χ3v) is 24.0. The first-order chi connectivity index (χ1) is 35.3. The van der Waals surface area contributed by atoms with Crippen molar-refractivity contribution in [2.75, 3.05) is 0 Å². The second-order valence-corrected chi connectivity index (χ2v) is 30.9. The van der Waals surface area contributed by atoms with Crippen LogP contribution in [0.5, 0.6) is 0 Å². The van der Waals surface area contributed by atoms with Crippen LogP contribution in [0.25, 0.3) is 6.08 Å². The highest BCUT2D eigenvalue weighted by Crippen LogP contribution is 2.72. The molecule has 10 atom stereocenters. The smallest absolute Gasteiger partial charge is 0.193 e. The molecule has 12 aliphatic rings. The summed E-state index contributed by atoms with van der Waals surface area (Å²) in [5.74, 6) is 6.54. The Morgan fingerprint density at radius 1 is 0.716 bits per heavy atom. The lowest BCUT2D eigenvalue weighted by atomic mass is 9.22. The van der Waals surface area contributed by atoms with Gasteiger partial charge >= 0.3 is 0 Å². The van der Waals surface area contributed by atoms with Gasteiger partial charge < -0.3 is 14.2 Å². The fourth-order valence-electron chi connectivity index (χ4n) is 20.2. The topological polar surface area (TPSA) is 22.9 Å². The first-order valence-corrected chi connectivity index (χ1v) is 31.7. The Bertz CT molecular complexity index is 2570. The average molecular weight is 998 g/mol. The van der Waals surface area contributed by atoms with Crippen LogP contribution >= 0.6 is 0 Å². The first-order valence-electron chi connectivity index (χ1n) is 31.7. The maximum Gasteiger partial charge on any atom is 0.193 e. The van der Waals surface area contributed by atoms with Crippen LogP contribution in [-0.2, 0) is 12.8 Å². The van der Waals surface area contributed by atoms with Crippen molar-refractivity contribution >= 4 is 12.8 Å². The molecule has 10 unspecified atom stereocenters. The van der Waals surface area contributed by atoms with Crippen molar-refractivity contribution in [2.45, 2.75) is 278 Å². The van der Waals surface area contributed by atoms with Crippen molar-refractivity contribution in [1.82, 2.24) is 14.7 Å². The van der Waals surface area contributed by atoms with Crippen molar-refractivity contribution in [3.63, 3.8) is 0 Å². The zero-order valence-electron chi connectivity index (χ0n) is 48.8. The van der Waals surface area contributed by atoms with Gasteiger partial charge in [0, 0.05) is 52.4 Å². The van der Waals surface area contributed by atoms with Gasteiger partial charge in [0.05, 0.1) is 6.04 Å². The molecule has 2 saturated heterocycles. The van der Waals surface area contributed by atoms with Gasteiger partial charge in [-0.25, -0.2) is 0 Å². The molecule has 4 heterocycles. The van der Waals surface area contributed by atoms with Crippen molar-refractivity contribution in [3.05, 3.63) is 98.9 Å². The Balaban J connectivity index is 1.02. The van der Waals surface area contributed by atoms with Crippen molar-refractivity contribution in [1.29, 1.82) is 0 Å². The summed E-state index contributed by atoms with van der Waals surface area (Å²) in [5.41, 5.74) is 14.8. The zero-order chi connectivity index (χ0) is 51.3. The molecule has 0 bridgehead atoms. The van der Waals surface area contributed by atoms with Gasteiger partial charge in [-0.2, -0.15) is 0 Å². The largest absolute Gasteiger partial charge is 0.459 e. The summed E-state index contributed by atoms with van der Waals surface area (Å²) in [7, 11) is 0. The number of fused-ring (bicyclic) bond motifs is 8. The zero-order valence-corrected chi connectivity index (χ0v) is 48.8. The van der Waals surface area contributed by atoms with Gasteiger partial charge in [-0.1, -0.05) is 167 Å². The van der Waals surface area contributed by atoms with Crippen molar-refractivity contribution in [3.8, 4) is 0 Å². The van der Waals surface area contributed by atoms with Gasteiger partial charge in [-0.05, 0) is 191 Å². The number of allylic oxidation sites excluding steroid dienone is 8. The van der Waals surface area contributed by atoms with Gasteiger partial charge in [0.1, 0.15) is 11.5 Å². The monoisotopic (exact) mass is 998 g/mol. The van der Waals surface area contributed by atoms with Crippen LogP contribution in [0.4, 0.5) is 0 Å². The summed E-state index contributed by atoms with van der Waals surface area (Å²) < 4.78 is 7.39. The lowest BCUT2D eigenvalue weighted by Crippen LogP contribution is -2.66. The molecule has 1 aromatic rings. The number of hydrogen-bond acceptors (Lipinski definition) is 4. The highest BCUT2D eigenvalue weighted by atomic mass is 16.3. The van der Waals surface area contributed by atoms with E-state index in [0.717, 1.165) is 43.4 Å². The lowest BCUT2D eigenvalue weighted by Gasteiger charge is -2.62. The predicted octanol–water partition coefficient (Wildman–Crippen LogP) is 18.1. The maximum absolute atomic E-state index is 7.39. The molecule has 0 N–H and O–H groups in total. The summed E-state index contributed by atoms with van der Waals surface area (Å²) in [4.78, 5) is 9.59. The number of hydrogen-bond donors (Lipinski definition) is 0. The van der Waals surface area contributed by atoms with Crippen LogP contribution in [-0.4, -0.2) is 51.1 Å². The number of nitrogens with zero attached hydrogens (tertiary/aromatic N) is 3. The van der Waals surface area contributed by atoms with Crippen LogP contribution < -0.4 is 0 Å². The summed E-state index contributed by atoms with van der Waals surface area (Å²) in [5, 5.41) is 0. The van der Waals surface area contributed by atoms with E-state index in [1.165, 1.54) is 140 Å². The van der Waals surface area contributed by atoms with Gasteiger partial charge in [-0.3, -0.25) is 4.90 Å². The second-order valence-electron chi connectivity index (χ2n) is 30.9. The van der Waals surface area contributed by atoms with E-state index in [9.17, 15) is 0 Å². The van der Waals surface area contributed by atoms with Crippen LogP contribution in [0, 0.1) is 45.3 Å². The molecule has 400 valence electrons. The van der Waals surface area contributed by atoms with Gasteiger partial charge in [-0.15, -0.1) is 0 Å². The maximum atomic E-state index is 7.39. The standard InChI is InChI=1S/C69H100BN3O/c1-65(2,3)46-27-31-49(32-28-46)71(50-33-29-47(30-34-50)66(4,5)6)51-35-36-55-58(43-51)72(57-25-20-24-53-52-23-16-17-26-61(52)74-64(53)57)59-39-45(44-21-14-12-15-22-44)40-60-62(59)70(55)56-42-48(67(7,8)9)41-54-63(56)73(60)68(10,11)69(54)37-18-13-19-38-69/h17,26-27,29,31,35,42-46,49-50,54-57,60,63H,12-16,18-25,28,30,32-34,36-41H2,1-11H3. The first kappa shape index (κ1) is 50.6. The van der Waals surface area contributed by atoms with E-state index in [4.69, 9.17) is 4.42 Å². The average Bonchev–Trinajstić information content (AvgIpc) is 3.87. The van der Waals surface area contributed by atoms with E-state index < -0.39 is 0 Å². The van der Waals surface area contributed by atoms with Gasteiger partial charge in [0.15, 0.2) is 6.71 Å². The third kappa shape index (κ3) is 8.00. The van der Waals surface area contributed by atoms with E-state index >= 15 is 0 Å². The Hall–Kier alpha value is -2.92. The fraction of sp³-hybridized carbons (Fsp3) is 0.739. The minimum absolute atomic E-state index is 0.163. The molecule has 2 saturated carbocycles. The Morgan fingerprint density at radius 2 is 1.49 bits per heavy atom. The Labute approximate surface area is 451 Å². The van der Waals surface area contributed by atoms with Crippen LogP contribution in [0.15, 0.2) is 80.7 Å². The molecule has 0 radical (unpaired) electrons. The Kier molecular flexibility index (Phi) is 12.5. The molecule has 1 aromatic heterocycles. The molecule has 1 spiro atoms. The minimum Gasteiger partial charge on any atom is -0.459 e. The van der Waals surface area contributed by atoms with Gasteiger partial charge in [0.2, 0.25) is 0 Å². The second kappa shape index (κ2) is 18.3. The minimum atomic E-state index is 0.163.